The number of pyridine rings is 2. The fourth-order valence-electron chi connectivity index (χ4n) is 11.7. The lowest BCUT2D eigenvalue weighted by Gasteiger charge is -2.28. The number of carboxylic acid groups (broad SMARTS) is 1. The van der Waals surface area contributed by atoms with Crippen LogP contribution in [0.3, 0.4) is 0 Å². The van der Waals surface area contributed by atoms with E-state index < -0.39 is 11.4 Å². The third kappa shape index (κ3) is 55.2. The van der Waals surface area contributed by atoms with Crippen molar-refractivity contribution in [3.8, 4) is 23.0 Å². The molecule has 0 saturated heterocycles. The summed E-state index contributed by atoms with van der Waals surface area (Å²) in [5, 5.41) is 36.9. The van der Waals surface area contributed by atoms with E-state index in [0.29, 0.717) is 118 Å². The van der Waals surface area contributed by atoms with E-state index in [0.717, 1.165) is 71.1 Å². The summed E-state index contributed by atoms with van der Waals surface area (Å²) >= 11 is 0. The van der Waals surface area contributed by atoms with E-state index in [1.54, 1.807) is 136 Å². The quantitative estimate of drug-likeness (QED) is 0.0159. The number of H-pyrrole nitrogens is 1. The van der Waals surface area contributed by atoms with Crippen molar-refractivity contribution in [2.75, 3.05) is 169 Å². The molecule has 39 heteroatoms. The number of hydrogen-bond acceptors (Lipinski definition) is 27. The maximum Gasteiger partial charge on any atom is 0.339 e. The van der Waals surface area contributed by atoms with E-state index in [-0.39, 0.29) is 85.1 Å². The summed E-state index contributed by atoms with van der Waals surface area (Å²) in [7, 11) is 15.8. The highest BCUT2D eigenvalue weighted by molar-refractivity contribution is 5.94. The van der Waals surface area contributed by atoms with Crippen LogP contribution in [0.15, 0.2) is 164 Å². The molecule has 0 spiro atoms. The van der Waals surface area contributed by atoms with Gasteiger partial charge in [0, 0.05) is 184 Å². The molecule has 1 atom stereocenters. The molecule has 5 heterocycles. The Morgan fingerprint density at radius 1 is 0.437 bits per heavy atom. The molecule has 4 aromatic carbocycles. The molecular formula is C96H140N16O23. The molecule has 39 nitrogen and oxygen atoms in total. The molecule has 0 bridgehead atoms. The Balaban J connectivity index is 0.000000766. The monoisotopic (exact) mass is 1890 g/mol. The number of carboxylic acids is 1. The second kappa shape index (κ2) is 70.6. The van der Waals surface area contributed by atoms with Crippen molar-refractivity contribution in [2.24, 2.45) is 16.7 Å². The van der Waals surface area contributed by atoms with Gasteiger partial charge in [0.15, 0.2) is 0 Å². The zero-order valence-electron chi connectivity index (χ0n) is 82.0. The van der Waals surface area contributed by atoms with Crippen LogP contribution in [0.2, 0.25) is 0 Å². The first kappa shape index (κ1) is 120. The van der Waals surface area contributed by atoms with Crippen molar-refractivity contribution in [2.45, 2.75) is 135 Å². The predicted octanol–water partition coefficient (Wildman–Crippen LogP) is 12.9. The molecule has 0 aliphatic carbocycles. The van der Waals surface area contributed by atoms with Crippen LogP contribution in [0.25, 0.3) is 11.4 Å². The summed E-state index contributed by atoms with van der Waals surface area (Å²) in [6.45, 7) is 27.2. The number of imidazole rings is 2. The lowest BCUT2D eigenvalue weighted by Crippen LogP contribution is -2.39. The van der Waals surface area contributed by atoms with Gasteiger partial charge in [-0.2, -0.15) is 5.10 Å². The topological polar surface area (TPSA) is 488 Å². The van der Waals surface area contributed by atoms with Crippen LogP contribution in [0, 0.1) is 16.7 Å². The van der Waals surface area contributed by atoms with Gasteiger partial charge >= 0.3 is 12.0 Å². The minimum Gasteiger partial charge on any atom is -0.490 e. The summed E-state index contributed by atoms with van der Waals surface area (Å²) in [5.41, 5.74) is 9.31. The number of aliphatic carboxylic acids is 1. The Hall–Kier alpha value is -13.1. The van der Waals surface area contributed by atoms with Gasteiger partial charge < -0.3 is 104 Å². The lowest BCUT2D eigenvalue weighted by molar-refractivity contribution is -0.157. The number of nitrogens with one attached hydrogen (secondary N) is 9. The first-order valence-electron chi connectivity index (χ1n) is 42.9. The number of anilines is 6. The third-order valence-corrected chi connectivity index (χ3v) is 17.7. The standard InChI is InChI=1S/C17H18N2O2.C14H16N2O2.C13H26N2O2.C11H14N4O3.2C10H12N2O2.C8H18O4.C8H16O4.C5H8N2O2/c1-12(20)18-16-7-3-14(4-8-16)11-15-5-9-17(10-6-15)19-13(2)21;1-17-9-11-5-3-7-13(15-11)14-8-4-6-12(16-14)10-18-2;1-10(6-7-14-11(2)16)8-13(4,5)9-15-12(3)17;1-17-7-9-12-3-5-14(9)11(16)15-6-4-13-10(15)8-18-2;2*1-7(13)11-9-4-3-5-10(6-9)12-8(2)14;1-9-3-5-11-7-8-12-6-4-10-2;1-4-8(5-11-2,6-12-3)7(9)10;1-8-4-3-6-7-5(4)9-2/h3-10H,11H2,1-2H3,(H,18,20)(H,19,21);3-8H,9-10H2,1-2H3;10H,6-9H2,1-5H3,(H,14,16)(H,15,17);3-6H,7-8H2,1-2H3;2*3-6H,1-2H3,(H,11,13)(H,12,14);3-8H2,1-2H3;4-6H2,1-3H3,(H,9,10);3H,1-2H3,(H,6,7). The van der Waals surface area contributed by atoms with E-state index in [2.05, 4.69) is 93.4 Å². The number of hydrogen-bond donors (Lipinski definition) is 10. The Bertz CT molecular complexity index is 4570. The zero-order valence-corrected chi connectivity index (χ0v) is 82.0. The first-order valence-corrected chi connectivity index (χ1v) is 42.9. The van der Waals surface area contributed by atoms with E-state index in [4.69, 9.17) is 61.9 Å². The van der Waals surface area contributed by atoms with Gasteiger partial charge in [-0.05, 0) is 133 Å². The van der Waals surface area contributed by atoms with Crippen LogP contribution in [-0.2, 0) is 123 Å². The Kier molecular flexibility index (Phi) is 62.7. The number of amides is 8. The van der Waals surface area contributed by atoms with Crippen LogP contribution in [0.5, 0.6) is 11.6 Å². The van der Waals surface area contributed by atoms with Crippen LogP contribution < -0.4 is 52.0 Å². The summed E-state index contributed by atoms with van der Waals surface area (Å²) < 4.78 is 62.3. The minimum atomic E-state index is -0.885. The summed E-state index contributed by atoms with van der Waals surface area (Å²) in [6, 6.07) is 40.9. The van der Waals surface area contributed by atoms with Crippen molar-refractivity contribution in [3.63, 3.8) is 0 Å². The summed E-state index contributed by atoms with van der Waals surface area (Å²) in [6.07, 6.45) is 11.2. The number of nitrogens with zero attached hydrogens (tertiary/aromatic N) is 7. The molecule has 135 heavy (non-hydrogen) atoms. The number of ether oxygens (including phenoxy) is 12. The largest absolute Gasteiger partial charge is 0.490 e. The molecular weight excluding hydrogens is 1750 g/mol. The van der Waals surface area contributed by atoms with Crippen molar-refractivity contribution < 1.29 is 110 Å². The number of aromatic amines is 1. The maximum absolute atomic E-state index is 12.3. The smallest absolute Gasteiger partial charge is 0.339 e. The molecule has 9 rings (SSSR count). The van der Waals surface area contributed by atoms with Gasteiger partial charge in [0.25, 0.3) is 5.88 Å². The van der Waals surface area contributed by atoms with Crippen LogP contribution in [0.4, 0.5) is 38.9 Å². The number of carbonyl (C=O) groups is 10. The molecule has 742 valence electrons. The fraction of sp³-hybridized carbons (Fsp3) is 0.448. The third-order valence-electron chi connectivity index (χ3n) is 17.7. The van der Waals surface area contributed by atoms with Crippen LogP contribution >= 0.6 is 0 Å². The molecule has 9 aromatic rings. The number of rotatable bonds is 41. The SMILES string of the molecule is CC(=O)NCCC(C)CC(C)(C)CNC(C)=O.CC(=O)Nc1ccc(Cc2ccc(NC(C)=O)cc2)cc1.CC(=O)Nc1cccc(NC(C)=O)c1.CC(=O)Nc1cccc(NC(C)=O)c1.CCC(COC)(COC)C(=O)O.COCCOCCOCCOC.COCc1cccc(-c2cccc(COC)n2)n1.COCc1nccn1C(=O)n1ccnc1COC.COc1cn[nH]c1OC. The molecule has 0 fully saturated rings. The molecule has 10 N–H and O–H groups in total. The van der Waals surface area contributed by atoms with Gasteiger partial charge in [-0.15, -0.1) is 0 Å². The first-order chi connectivity index (χ1) is 64.4. The minimum absolute atomic E-state index is 0.0176. The van der Waals surface area contributed by atoms with Crippen molar-refractivity contribution in [1.29, 1.82) is 0 Å². The van der Waals surface area contributed by atoms with E-state index in [1.165, 1.54) is 78.7 Å². The highest BCUT2D eigenvalue weighted by Gasteiger charge is 2.37. The molecule has 0 radical (unpaired) electrons. The average Bonchev–Trinajstić information content (AvgIpc) is 1.68. The van der Waals surface area contributed by atoms with Gasteiger partial charge in [0.2, 0.25) is 53.0 Å². The lowest BCUT2D eigenvalue weighted by atomic mass is 9.82. The predicted molar refractivity (Wildman–Crippen MR) is 516 cm³/mol. The Morgan fingerprint density at radius 2 is 0.807 bits per heavy atom. The van der Waals surface area contributed by atoms with Crippen molar-refractivity contribution >= 4 is 93.4 Å². The number of benzene rings is 4. The van der Waals surface area contributed by atoms with Crippen LogP contribution in [-0.4, -0.2) is 241 Å². The van der Waals surface area contributed by atoms with E-state index in [9.17, 15) is 47.9 Å². The van der Waals surface area contributed by atoms with E-state index in [1.807, 2.05) is 91.9 Å². The van der Waals surface area contributed by atoms with Crippen molar-refractivity contribution in [3.05, 3.63) is 199 Å². The molecule has 1 unspecified atom stereocenters. The van der Waals surface area contributed by atoms with Gasteiger partial charge in [-0.25, -0.2) is 29.8 Å². The number of methoxy groups -OCH3 is 10. The van der Waals surface area contributed by atoms with Gasteiger partial charge in [0.05, 0.1) is 109 Å². The molecule has 0 aliphatic heterocycles. The second-order valence-electron chi connectivity index (χ2n) is 30.4. The number of carbonyl (C=O) groups excluding carboxylic acids is 9. The second-order valence-corrected chi connectivity index (χ2v) is 30.4. The highest BCUT2D eigenvalue weighted by atomic mass is 16.6. The normalized spacial score (nSPS) is 10.5. The Morgan fingerprint density at radius 3 is 1.13 bits per heavy atom. The summed E-state index contributed by atoms with van der Waals surface area (Å²) in [4.78, 5) is 127. The highest BCUT2D eigenvalue weighted by Crippen LogP contribution is 2.28. The number of aromatic nitrogens is 8. The zero-order chi connectivity index (χ0) is 101. The average molecular weight is 1890 g/mol. The van der Waals surface area contributed by atoms with Gasteiger partial charge in [-0.1, -0.05) is 76.2 Å². The molecule has 0 saturated carbocycles. The summed E-state index contributed by atoms with van der Waals surface area (Å²) in [5.74, 6) is 1.28. The fourth-order valence-corrected chi connectivity index (χ4v) is 11.7. The molecule has 8 amide bonds. The Labute approximate surface area is 792 Å². The van der Waals surface area contributed by atoms with Crippen molar-refractivity contribution in [1.82, 2.24) is 49.9 Å². The maximum atomic E-state index is 12.3. The molecule has 5 aromatic heterocycles. The van der Waals surface area contributed by atoms with Gasteiger partial charge in [0.1, 0.15) is 30.3 Å². The van der Waals surface area contributed by atoms with Crippen LogP contribution in [0.1, 0.15) is 137 Å². The van der Waals surface area contributed by atoms with Gasteiger partial charge in [-0.3, -0.25) is 52.3 Å². The van der Waals surface area contributed by atoms with E-state index >= 15 is 0 Å². The molecule has 0 aliphatic rings.